The van der Waals surface area contributed by atoms with Gasteiger partial charge >= 0.3 is 5.69 Å². The number of non-ortho nitro benzene ring substituents is 1. The third kappa shape index (κ3) is 4.87. The second-order valence-corrected chi connectivity index (χ2v) is 9.04. The standard InChI is InChI=1S/C23H28N6O6/c1-14-21-18(25-24-17-8-7-16(28(31)32)13-19(17)29(33)34)5-4-6-20(21)35-22(14)23(30)27(3)15-9-11-26(2)12-10-15/h7-8,13,15,24H,4-6,9-12H2,1-3H3/b25-18+. The first kappa shape index (κ1) is 24.3. The van der Waals surface area contributed by atoms with Crippen LogP contribution in [0.3, 0.4) is 0 Å². The Labute approximate surface area is 201 Å². The summed E-state index contributed by atoms with van der Waals surface area (Å²) in [7, 11) is 3.88. The maximum Gasteiger partial charge on any atom is 0.301 e. The summed E-state index contributed by atoms with van der Waals surface area (Å²) in [6.45, 7) is 3.70. The minimum absolute atomic E-state index is 0.0414. The molecule has 12 heteroatoms. The highest BCUT2D eigenvalue weighted by atomic mass is 16.6. The lowest BCUT2D eigenvalue weighted by Gasteiger charge is -2.34. The number of nitrogens with one attached hydrogen (secondary N) is 1. The Morgan fingerprint density at radius 2 is 1.91 bits per heavy atom. The summed E-state index contributed by atoms with van der Waals surface area (Å²) in [5.74, 6) is 0.810. The van der Waals surface area contributed by atoms with Crippen LogP contribution in [-0.4, -0.2) is 64.5 Å². The van der Waals surface area contributed by atoms with Crippen molar-refractivity contribution in [3.8, 4) is 0 Å². The van der Waals surface area contributed by atoms with E-state index in [4.69, 9.17) is 4.42 Å². The van der Waals surface area contributed by atoms with Crippen LogP contribution in [-0.2, 0) is 6.42 Å². The van der Waals surface area contributed by atoms with E-state index >= 15 is 0 Å². The van der Waals surface area contributed by atoms with Gasteiger partial charge in [-0.05, 0) is 58.8 Å². The SMILES string of the molecule is Cc1c(C(=O)N(C)C2CCN(C)CC2)oc2c1/C(=N/Nc1ccc([N+](=O)[O-])cc1[N+](=O)[O-])CCC2. The van der Waals surface area contributed by atoms with Crippen LogP contribution < -0.4 is 5.43 Å². The molecule has 0 saturated carbocycles. The van der Waals surface area contributed by atoms with Crippen LogP contribution in [0.25, 0.3) is 0 Å². The Balaban J connectivity index is 1.60. The van der Waals surface area contributed by atoms with Gasteiger partial charge in [0.15, 0.2) is 5.76 Å². The molecule has 1 aromatic heterocycles. The minimum atomic E-state index is -0.694. The summed E-state index contributed by atoms with van der Waals surface area (Å²) in [5, 5.41) is 26.8. The second-order valence-electron chi connectivity index (χ2n) is 9.04. The summed E-state index contributed by atoms with van der Waals surface area (Å²) >= 11 is 0. The van der Waals surface area contributed by atoms with Gasteiger partial charge in [-0.15, -0.1) is 0 Å². The normalized spacial score (nSPS) is 17.7. The second kappa shape index (κ2) is 9.82. The molecule has 2 aromatic rings. The summed E-state index contributed by atoms with van der Waals surface area (Å²) in [6.07, 6.45) is 3.82. The predicted molar refractivity (Wildman–Crippen MR) is 129 cm³/mol. The van der Waals surface area contributed by atoms with Gasteiger partial charge in [-0.3, -0.25) is 30.4 Å². The first-order valence-electron chi connectivity index (χ1n) is 11.5. The largest absolute Gasteiger partial charge is 0.455 e. The molecular weight excluding hydrogens is 456 g/mol. The summed E-state index contributed by atoms with van der Waals surface area (Å²) in [5.41, 5.74) is 3.98. The zero-order valence-electron chi connectivity index (χ0n) is 19.9. The van der Waals surface area contributed by atoms with Gasteiger partial charge in [0.1, 0.15) is 11.4 Å². The van der Waals surface area contributed by atoms with E-state index in [-0.39, 0.29) is 23.3 Å². The van der Waals surface area contributed by atoms with Gasteiger partial charge in [-0.1, -0.05) is 0 Å². The van der Waals surface area contributed by atoms with E-state index in [0.29, 0.717) is 35.6 Å². The van der Waals surface area contributed by atoms with Crippen LogP contribution >= 0.6 is 0 Å². The number of hydrogen-bond donors (Lipinski definition) is 1. The maximum atomic E-state index is 13.3. The number of fused-ring (bicyclic) bond motifs is 1. The van der Waals surface area contributed by atoms with E-state index in [1.54, 1.807) is 4.90 Å². The van der Waals surface area contributed by atoms with Crippen LogP contribution in [0, 0.1) is 27.2 Å². The third-order valence-electron chi connectivity index (χ3n) is 6.78. The third-order valence-corrected chi connectivity index (χ3v) is 6.78. The average Bonchev–Trinajstić information content (AvgIpc) is 3.19. The van der Waals surface area contributed by atoms with Gasteiger partial charge < -0.3 is 14.2 Å². The Hall–Kier alpha value is -3.80. The molecule has 0 spiro atoms. The van der Waals surface area contributed by atoms with Gasteiger partial charge in [0.2, 0.25) is 0 Å². The van der Waals surface area contributed by atoms with Gasteiger partial charge in [-0.2, -0.15) is 5.10 Å². The molecular formula is C23H28N6O6. The molecule has 1 fully saturated rings. The molecule has 0 bridgehead atoms. The number of carbonyl (C=O) groups excluding carboxylic acids is 1. The molecule has 186 valence electrons. The minimum Gasteiger partial charge on any atom is -0.455 e. The van der Waals surface area contributed by atoms with E-state index < -0.39 is 15.5 Å². The highest BCUT2D eigenvalue weighted by Crippen LogP contribution is 2.33. The quantitative estimate of drug-likeness (QED) is 0.482. The zero-order valence-corrected chi connectivity index (χ0v) is 19.9. The van der Waals surface area contributed by atoms with Crippen molar-refractivity contribution in [1.29, 1.82) is 0 Å². The number of nitrogens with zero attached hydrogens (tertiary/aromatic N) is 5. The van der Waals surface area contributed by atoms with Crippen molar-refractivity contribution >= 4 is 28.7 Å². The van der Waals surface area contributed by atoms with Crippen LogP contribution in [0.5, 0.6) is 0 Å². The molecule has 1 saturated heterocycles. The highest BCUT2D eigenvalue weighted by Gasteiger charge is 2.32. The van der Waals surface area contributed by atoms with Crippen molar-refractivity contribution in [1.82, 2.24) is 9.80 Å². The Morgan fingerprint density at radius 1 is 1.20 bits per heavy atom. The van der Waals surface area contributed by atoms with Crippen molar-refractivity contribution in [3.05, 3.63) is 61.1 Å². The van der Waals surface area contributed by atoms with Crippen molar-refractivity contribution in [2.24, 2.45) is 5.10 Å². The zero-order chi connectivity index (χ0) is 25.3. The van der Waals surface area contributed by atoms with Gasteiger partial charge in [0, 0.05) is 36.7 Å². The van der Waals surface area contributed by atoms with Gasteiger partial charge in [0.25, 0.3) is 11.6 Å². The molecule has 1 aliphatic carbocycles. The highest BCUT2D eigenvalue weighted by molar-refractivity contribution is 6.06. The first-order valence-corrected chi connectivity index (χ1v) is 11.5. The van der Waals surface area contributed by atoms with E-state index in [1.165, 1.54) is 12.1 Å². The Kier molecular flexibility index (Phi) is 6.83. The fourth-order valence-electron chi connectivity index (χ4n) is 4.70. The Morgan fingerprint density at radius 3 is 2.57 bits per heavy atom. The van der Waals surface area contributed by atoms with E-state index in [1.807, 2.05) is 14.0 Å². The number of rotatable bonds is 6. The number of likely N-dealkylation sites (tertiary alicyclic amines) is 1. The summed E-state index contributed by atoms with van der Waals surface area (Å²) < 4.78 is 6.02. The molecule has 0 atom stereocenters. The van der Waals surface area contributed by atoms with Crippen molar-refractivity contribution in [2.75, 3.05) is 32.6 Å². The van der Waals surface area contributed by atoms with E-state index in [9.17, 15) is 25.0 Å². The smallest absolute Gasteiger partial charge is 0.301 e. The molecule has 2 heterocycles. The first-order chi connectivity index (χ1) is 16.7. The van der Waals surface area contributed by atoms with Crippen molar-refractivity contribution < 1.29 is 19.1 Å². The van der Waals surface area contributed by atoms with Crippen molar-refractivity contribution in [2.45, 2.75) is 45.1 Å². The predicted octanol–water partition coefficient (Wildman–Crippen LogP) is 3.72. The van der Waals surface area contributed by atoms with Crippen LogP contribution in [0.15, 0.2) is 27.7 Å². The number of furan rings is 1. The number of benzene rings is 1. The molecule has 1 aliphatic heterocycles. The number of piperidine rings is 1. The van der Waals surface area contributed by atoms with E-state index in [0.717, 1.165) is 44.0 Å². The van der Waals surface area contributed by atoms with Crippen molar-refractivity contribution in [3.63, 3.8) is 0 Å². The van der Waals surface area contributed by atoms with E-state index in [2.05, 4.69) is 22.5 Å². The number of hydrazone groups is 1. The summed E-state index contributed by atoms with van der Waals surface area (Å²) in [4.78, 5) is 38.3. The lowest BCUT2D eigenvalue weighted by atomic mass is 9.93. The lowest BCUT2D eigenvalue weighted by molar-refractivity contribution is -0.393. The number of nitro groups is 2. The molecule has 4 rings (SSSR count). The maximum absolute atomic E-state index is 13.3. The topological polar surface area (TPSA) is 147 Å². The number of amides is 1. The lowest BCUT2D eigenvalue weighted by Crippen LogP contribution is -2.44. The molecule has 0 radical (unpaired) electrons. The number of carbonyl (C=O) groups is 1. The average molecular weight is 485 g/mol. The Bertz CT molecular complexity index is 1200. The molecule has 0 unspecified atom stereocenters. The van der Waals surface area contributed by atoms with Gasteiger partial charge in [-0.25, -0.2) is 0 Å². The van der Waals surface area contributed by atoms with Crippen LogP contribution in [0.2, 0.25) is 0 Å². The van der Waals surface area contributed by atoms with Gasteiger partial charge in [0.05, 0.1) is 21.6 Å². The number of hydrogen-bond acceptors (Lipinski definition) is 9. The molecule has 12 nitrogen and oxygen atoms in total. The fourth-order valence-corrected chi connectivity index (χ4v) is 4.70. The number of anilines is 1. The number of aryl methyl sites for hydroxylation is 1. The summed E-state index contributed by atoms with van der Waals surface area (Å²) in [6, 6.07) is 3.49. The number of nitro benzene ring substituents is 2. The molecule has 2 aliphatic rings. The van der Waals surface area contributed by atoms with Crippen LogP contribution in [0.1, 0.15) is 53.1 Å². The molecule has 1 aromatic carbocycles. The molecule has 1 N–H and O–H groups in total. The molecule has 35 heavy (non-hydrogen) atoms. The van der Waals surface area contributed by atoms with Crippen LogP contribution in [0.4, 0.5) is 17.1 Å². The monoisotopic (exact) mass is 484 g/mol. The fraction of sp³-hybridized carbons (Fsp3) is 0.478. The molecule has 1 amide bonds.